The Morgan fingerprint density at radius 3 is 2.59 bits per heavy atom. The molecule has 3 aliphatic heterocycles. The fraction of sp³-hybridized carbons (Fsp3) is 0.500. The molecule has 0 radical (unpaired) electrons. The lowest BCUT2D eigenvalue weighted by molar-refractivity contribution is -0.167. The molecular weight excluding hydrogens is 476 g/mol. The summed E-state index contributed by atoms with van der Waals surface area (Å²) in [6.45, 7) is 9.40. The van der Waals surface area contributed by atoms with Crippen LogP contribution in [0.1, 0.15) is 45.4 Å². The van der Waals surface area contributed by atoms with Gasteiger partial charge in [-0.1, -0.05) is 39.0 Å². The number of H-pyrrole nitrogens is 1. The maximum Gasteiger partial charge on any atom is 0.320 e. The number of hydrogen-bond donors (Lipinski definition) is 1. The normalized spacial score (nSPS) is 32.2. The van der Waals surface area contributed by atoms with Crippen molar-refractivity contribution in [3.8, 4) is 0 Å². The average Bonchev–Trinajstić information content (AvgIpc) is 3.52. The third-order valence-corrected chi connectivity index (χ3v) is 8.61. The molecule has 4 aliphatic rings. The van der Waals surface area contributed by atoms with Crippen molar-refractivity contribution >= 4 is 34.7 Å². The first kappa shape index (κ1) is 23.8. The molecule has 37 heavy (non-hydrogen) atoms. The number of esters is 3. The van der Waals surface area contributed by atoms with E-state index in [1.807, 2.05) is 52.0 Å². The van der Waals surface area contributed by atoms with Crippen molar-refractivity contribution in [1.82, 2.24) is 9.88 Å². The number of likely N-dealkylation sites (tertiary alicyclic amines) is 1. The van der Waals surface area contributed by atoms with E-state index in [2.05, 4.69) is 4.98 Å². The van der Waals surface area contributed by atoms with Crippen LogP contribution in [-0.2, 0) is 39.8 Å². The fourth-order valence-electron chi connectivity index (χ4n) is 7.21. The van der Waals surface area contributed by atoms with Crippen molar-refractivity contribution in [2.45, 2.75) is 65.9 Å². The first-order valence-electron chi connectivity index (χ1n) is 12.6. The zero-order valence-corrected chi connectivity index (χ0v) is 21.5. The van der Waals surface area contributed by atoms with E-state index in [4.69, 9.17) is 14.2 Å². The number of rotatable bonds is 4. The minimum atomic E-state index is -1.46. The second kappa shape index (κ2) is 7.46. The predicted octanol–water partition coefficient (Wildman–Crippen LogP) is 2.95. The highest BCUT2D eigenvalue weighted by Gasteiger charge is 2.87. The van der Waals surface area contributed by atoms with Gasteiger partial charge in [-0.05, 0) is 35.6 Å². The fourth-order valence-corrected chi connectivity index (χ4v) is 7.21. The van der Waals surface area contributed by atoms with Gasteiger partial charge in [-0.25, -0.2) is 0 Å². The van der Waals surface area contributed by atoms with Gasteiger partial charge in [-0.3, -0.25) is 19.2 Å². The molecule has 1 aromatic carbocycles. The molecule has 0 bridgehead atoms. The molecule has 9 nitrogen and oxygen atoms in total. The van der Waals surface area contributed by atoms with Gasteiger partial charge in [0.2, 0.25) is 0 Å². The monoisotopic (exact) mass is 506 g/mol. The third-order valence-electron chi connectivity index (χ3n) is 8.61. The number of aromatic amines is 1. The quantitative estimate of drug-likeness (QED) is 0.385. The van der Waals surface area contributed by atoms with Gasteiger partial charge in [0, 0.05) is 36.5 Å². The lowest BCUT2D eigenvalue weighted by Crippen LogP contribution is -2.55. The molecule has 5 atom stereocenters. The van der Waals surface area contributed by atoms with Gasteiger partial charge in [-0.2, -0.15) is 0 Å². The second-order valence-electron chi connectivity index (χ2n) is 11.6. The van der Waals surface area contributed by atoms with Crippen molar-refractivity contribution < 1.29 is 33.4 Å². The second-order valence-corrected chi connectivity index (χ2v) is 11.6. The van der Waals surface area contributed by atoms with Crippen LogP contribution in [0.15, 0.2) is 35.9 Å². The number of hydrogen-bond acceptors (Lipinski definition) is 7. The Hall–Kier alpha value is -3.62. The Morgan fingerprint density at radius 1 is 1.19 bits per heavy atom. The van der Waals surface area contributed by atoms with Gasteiger partial charge in [0.15, 0.2) is 12.3 Å². The Bertz CT molecular complexity index is 1420. The summed E-state index contributed by atoms with van der Waals surface area (Å²) in [5, 5.41) is 1.10. The van der Waals surface area contributed by atoms with Crippen LogP contribution >= 0.6 is 0 Å². The van der Waals surface area contributed by atoms with Gasteiger partial charge < -0.3 is 24.1 Å². The molecule has 1 aromatic heterocycles. The number of carbonyl (C=O) groups is 4. The van der Waals surface area contributed by atoms with Crippen LogP contribution in [0.3, 0.4) is 0 Å². The van der Waals surface area contributed by atoms with Gasteiger partial charge >= 0.3 is 17.9 Å². The average molecular weight is 507 g/mol. The topological polar surface area (TPSA) is 115 Å². The molecule has 6 rings (SSSR count). The minimum Gasteiger partial charge on any atom is -0.457 e. The van der Waals surface area contributed by atoms with Crippen molar-refractivity contribution in [2.75, 3.05) is 6.54 Å². The first-order valence-corrected chi connectivity index (χ1v) is 12.6. The molecular formula is C28H30N2O7. The van der Waals surface area contributed by atoms with Gasteiger partial charge in [0.1, 0.15) is 16.9 Å². The smallest absolute Gasteiger partial charge is 0.320 e. The van der Waals surface area contributed by atoms with Crippen molar-refractivity contribution in [2.24, 2.45) is 16.2 Å². The van der Waals surface area contributed by atoms with Crippen molar-refractivity contribution in [1.29, 1.82) is 0 Å². The Morgan fingerprint density at radius 2 is 1.92 bits per heavy atom. The zero-order chi connectivity index (χ0) is 26.5. The predicted molar refractivity (Wildman–Crippen MR) is 131 cm³/mol. The maximum atomic E-state index is 14.0. The number of nitrogens with zero attached hydrogens (tertiary/aromatic N) is 1. The van der Waals surface area contributed by atoms with E-state index in [9.17, 15) is 19.2 Å². The highest BCUT2D eigenvalue weighted by atomic mass is 16.6. The molecule has 2 spiro atoms. The van der Waals surface area contributed by atoms with Gasteiger partial charge in [0.25, 0.3) is 5.91 Å². The van der Waals surface area contributed by atoms with E-state index in [0.29, 0.717) is 6.42 Å². The van der Waals surface area contributed by atoms with E-state index in [1.165, 1.54) is 11.8 Å². The number of benzene rings is 1. The molecule has 0 unspecified atom stereocenters. The third kappa shape index (κ3) is 2.85. The van der Waals surface area contributed by atoms with Crippen LogP contribution in [0.25, 0.3) is 10.9 Å². The van der Waals surface area contributed by atoms with Crippen molar-refractivity contribution in [3.63, 3.8) is 0 Å². The number of aromatic nitrogens is 1. The SMILES string of the molecule is CC(=O)O[C@H]1C(=O)N(CCc2[nH]c3ccccc3c2C)[C@H]2OC(=O)[C@]34CC(=O)O[C@H]3C=C(C(C)(C)C)[C@@]214. The molecule has 194 valence electrons. The molecule has 9 heteroatoms. The molecule has 4 heterocycles. The number of nitrogens with one attached hydrogen (secondary N) is 1. The van der Waals surface area contributed by atoms with E-state index in [1.54, 1.807) is 6.08 Å². The van der Waals surface area contributed by atoms with Crippen LogP contribution in [0.2, 0.25) is 0 Å². The van der Waals surface area contributed by atoms with Gasteiger partial charge in [-0.15, -0.1) is 0 Å². The van der Waals surface area contributed by atoms with Crippen molar-refractivity contribution in [3.05, 3.63) is 47.2 Å². The molecule has 3 fully saturated rings. The summed E-state index contributed by atoms with van der Waals surface area (Å²) < 4.78 is 17.3. The Balaban J connectivity index is 1.46. The Labute approximate surface area is 214 Å². The van der Waals surface area contributed by atoms with Crippen LogP contribution in [-0.4, -0.2) is 58.7 Å². The van der Waals surface area contributed by atoms with Crippen LogP contribution in [0, 0.1) is 23.2 Å². The number of amides is 1. The summed E-state index contributed by atoms with van der Waals surface area (Å²) >= 11 is 0. The van der Waals surface area contributed by atoms with E-state index < -0.39 is 58.5 Å². The maximum absolute atomic E-state index is 14.0. The molecule has 0 saturated carbocycles. The van der Waals surface area contributed by atoms with Crippen LogP contribution < -0.4 is 0 Å². The first-order chi connectivity index (χ1) is 17.4. The van der Waals surface area contributed by atoms with Gasteiger partial charge in [0.05, 0.1) is 6.42 Å². The summed E-state index contributed by atoms with van der Waals surface area (Å²) in [7, 11) is 0. The number of carbonyl (C=O) groups excluding carboxylic acids is 4. The number of para-hydroxylation sites is 1. The molecule has 3 saturated heterocycles. The van der Waals surface area contributed by atoms with E-state index in [-0.39, 0.29) is 13.0 Å². The molecule has 1 aliphatic carbocycles. The molecule has 1 N–H and O–H groups in total. The largest absolute Gasteiger partial charge is 0.457 e. The minimum absolute atomic E-state index is 0.233. The summed E-state index contributed by atoms with van der Waals surface area (Å²) in [5.41, 5.74) is 0.431. The summed E-state index contributed by atoms with van der Waals surface area (Å²) in [6, 6.07) is 7.97. The lowest BCUT2D eigenvalue weighted by Gasteiger charge is -2.42. The standard InChI is InChI=1S/C28H30N2O7/c1-14-16-8-6-7-9-18(16)29-17(14)10-11-30-23(33)22(35-15(2)31)28-19(26(3,4)5)12-20-27(28,13-21(32)36-20)25(34)37-24(28)30/h6-9,12,20,22,24,29H,10-11,13H2,1-5H3/t20-,22-,24-,27-,28-/m0/s1. The van der Waals surface area contributed by atoms with Crippen LogP contribution in [0.5, 0.6) is 0 Å². The number of fused-ring (bicyclic) bond motifs is 1. The molecule has 2 aromatic rings. The summed E-state index contributed by atoms with van der Waals surface area (Å²) in [5.74, 6) is -2.21. The number of ether oxygens (including phenoxy) is 3. The summed E-state index contributed by atoms with van der Waals surface area (Å²) in [6.07, 6.45) is -1.18. The van der Waals surface area contributed by atoms with E-state index >= 15 is 0 Å². The number of aryl methyl sites for hydroxylation is 1. The summed E-state index contributed by atoms with van der Waals surface area (Å²) in [4.78, 5) is 57.4. The molecule has 1 amide bonds. The highest BCUT2D eigenvalue weighted by Crippen LogP contribution is 2.72. The Kier molecular flexibility index (Phi) is 4.79. The zero-order valence-electron chi connectivity index (χ0n) is 21.5. The highest BCUT2D eigenvalue weighted by molar-refractivity contribution is 5.99. The van der Waals surface area contributed by atoms with Crippen LogP contribution in [0.4, 0.5) is 0 Å². The van der Waals surface area contributed by atoms with E-state index in [0.717, 1.165) is 27.7 Å². The lowest BCUT2D eigenvalue weighted by atomic mass is 9.56.